The Bertz CT molecular complexity index is 337. The van der Waals surface area contributed by atoms with Crippen molar-refractivity contribution in [3.05, 3.63) is 35.9 Å². The summed E-state index contributed by atoms with van der Waals surface area (Å²) in [5.74, 6) is 0.674. The molecule has 1 aliphatic carbocycles. The lowest BCUT2D eigenvalue weighted by atomic mass is 9.79. The molecule has 1 fully saturated rings. The van der Waals surface area contributed by atoms with Gasteiger partial charge < -0.3 is 5.73 Å². The molecule has 0 aromatic heterocycles. The molecule has 2 heteroatoms. The van der Waals surface area contributed by atoms with Crippen LogP contribution >= 0.6 is 0 Å². The monoisotopic (exact) mass is 188 g/mol. The maximum absolute atomic E-state index is 5.94. The van der Waals surface area contributed by atoms with Crippen LogP contribution in [0.4, 0.5) is 0 Å². The lowest BCUT2D eigenvalue weighted by molar-refractivity contribution is 0.280. The van der Waals surface area contributed by atoms with Gasteiger partial charge in [0.05, 0.1) is 5.54 Å². The fraction of sp³-hybridized carbons (Fsp3) is 0.417. The van der Waals surface area contributed by atoms with E-state index in [1.54, 1.807) is 0 Å². The van der Waals surface area contributed by atoms with Gasteiger partial charge >= 0.3 is 0 Å². The molecule has 1 saturated carbocycles. The zero-order valence-electron chi connectivity index (χ0n) is 8.53. The highest BCUT2D eigenvalue weighted by molar-refractivity contribution is 5.97. The molecule has 0 aliphatic heterocycles. The zero-order valence-corrected chi connectivity index (χ0v) is 8.53. The van der Waals surface area contributed by atoms with Crippen molar-refractivity contribution in [3.8, 4) is 0 Å². The SMILES string of the molecule is CC1(N=C(N)c2ccccc2)CCC1. The van der Waals surface area contributed by atoms with Gasteiger partial charge in [-0.05, 0) is 26.2 Å². The van der Waals surface area contributed by atoms with Crippen LogP contribution in [0.15, 0.2) is 35.3 Å². The maximum atomic E-state index is 5.94. The fourth-order valence-corrected chi connectivity index (χ4v) is 1.76. The summed E-state index contributed by atoms with van der Waals surface area (Å²) in [6, 6.07) is 9.96. The van der Waals surface area contributed by atoms with Crippen LogP contribution in [0.1, 0.15) is 31.7 Å². The van der Waals surface area contributed by atoms with Crippen LogP contribution in [0, 0.1) is 0 Å². The number of nitrogens with two attached hydrogens (primary N) is 1. The summed E-state index contributed by atoms with van der Waals surface area (Å²) in [5.41, 5.74) is 7.08. The molecule has 0 heterocycles. The van der Waals surface area contributed by atoms with Gasteiger partial charge in [-0.3, -0.25) is 4.99 Å². The van der Waals surface area contributed by atoms with Crippen LogP contribution in [0.3, 0.4) is 0 Å². The molecule has 74 valence electrons. The van der Waals surface area contributed by atoms with E-state index in [1.807, 2.05) is 30.3 Å². The van der Waals surface area contributed by atoms with E-state index in [9.17, 15) is 0 Å². The molecule has 0 spiro atoms. The van der Waals surface area contributed by atoms with Crippen molar-refractivity contribution in [2.75, 3.05) is 0 Å². The average molecular weight is 188 g/mol. The van der Waals surface area contributed by atoms with Gasteiger partial charge in [0, 0.05) is 5.56 Å². The normalized spacial score (nSPS) is 20.2. The van der Waals surface area contributed by atoms with E-state index in [1.165, 1.54) is 19.3 Å². The number of benzene rings is 1. The molecule has 0 bridgehead atoms. The molecule has 2 rings (SSSR count). The molecule has 1 aliphatic rings. The van der Waals surface area contributed by atoms with Gasteiger partial charge in [-0.25, -0.2) is 0 Å². The number of hydrogen-bond donors (Lipinski definition) is 1. The van der Waals surface area contributed by atoms with Gasteiger partial charge in [0.1, 0.15) is 5.84 Å². The number of nitrogens with zero attached hydrogens (tertiary/aromatic N) is 1. The minimum absolute atomic E-state index is 0.111. The third-order valence-electron chi connectivity index (χ3n) is 2.89. The summed E-state index contributed by atoms with van der Waals surface area (Å²) in [5, 5.41) is 0. The van der Waals surface area contributed by atoms with Gasteiger partial charge in [0.25, 0.3) is 0 Å². The first-order valence-corrected chi connectivity index (χ1v) is 5.10. The minimum atomic E-state index is 0.111. The van der Waals surface area contributed by atoms with Crippen molar-refractivity contribution >= 4 is 5.84 Å². The quantitative estimate of drug-likeness (QED) is 0.561. The predicted octanol–water partition coefficient (Wildman–Crippen LogP) is 2.33. The largest absolute Gasteiger partial charge is 0.383 e. The molecule has 0 saturated heterocycles. The molecule has 1 aromatic carbocycles. The van der Waals surface area contributed by atoms with Crippen LogP contribution in [0.25, 0.3) is 0 Å². The fourth-order valence-electron chi connectivity index (χ4n) is 1.76. The maximum Gasteiger partial charge on any atom is 0.126 e. The second-order valence-electron chi connectivity index (χ2n) is 4.21. The first kappa shape index (κ1) is 9.25. The minimum Gasteiger partial charge on any atom is -0.383 e. The Morgan fingerprint density at radius 1 is 1.29 bits per heavy atom. The van der Waals surface area contributed by atoms with E-state index in [-0.39, 0.29) is 5.54 Å². The van der Waals surface area contributed by atoms with Crippen LogP contribution in [0.5, 0.6) is 0 Å². The highest BCUT2D eigenvalue weighted by Gasteiger charge is 2.31. The molecular formula is C12H16N2. The molecule has 0 amide bonds. The summed E-state index contributed by atoms with van der Waals surface area (Å²) in [6.45, 7) is 2.17. The van der Waals surface area contributed by atoms with Crippen LogP contribution in [-0.2, 0) is 0 Å². The Hall–Kier alpha value is -1.31. The molecule has 0 unspecified atom stereocenters. The van der Waals surface area contributed by atoms with E-state index in [2.05, 4.69) is 11.9 Å². The summed E-state index contributed by atoms with van der Waals surface area (Å²) in [7, 11) is 0. The van der Waals surface area contributed by atoms with Gasteiger partial charge in [-0.1, -0.05) is 30.3 Å². The van der Waals surface area contributed by atoms with Crippen molar-refractivity contribution in [2.45, 2.75) is 31.7 Å². The van der Waals surface area contributed by atoms with Gasteiger partial charge in [0.15, 0.2) is 0 Å². The molecule has 1 aromatic rings. The van der Waals surface area contributed by atoms with E-state index in [0.29, 0.717) is 5.84 Å². The Balaban J connectivity index is 2.19. The van der Waals surface area contributed by atoms with Crippen molar-refractivity contribution < 1.29 is 0 Å². The van der Waals surface area contributed by atoms with E-state index < -0.39 is 0 Å². The van der Waals surface area contributed by atoms with Crippen molar-refractivity contribution in [2.24, 2.45) is 10.7 Å². The van der Waals surface area contributed by atoms with Crippen molar-refractivity contribution in [1.82, 2.24) is 0 Å². The van der Waals surface area contributed by atoms with E-state index in [4.69, 9.17) is 5.73 Å². The summed E-state index contributed by atoms with van der Waals surface area (Å²) < 4.78 is 0. The van der Waals surface area contributed by atoms with Crippen LogP contribution < -0.4 is 5.73 Å². The Labute approximate surface area is 84.9 Å². The highest BCUT2D eigenvalue weighted by atomic mass is 14.9. The third kappa shape index (κ3) is 1.79. The average Bonchev–Trinajstić information content (AvgIpc) is 2.17. The molecule has 2 nitrogen and oxygen atoms in total. The van der Waals surface area contributed by atoms with E-state index in [0.717, 1.165) is 5.56 Å². The highest BCUT2D eigenvalue weighted by Crippen LogP contribution is 2.35. The van der Waals surface area contributed by atoms with Gasteiger partial charge in [-0.15, -0.1) is 0 Å². The van der Waals surface area contributed by atoms with E-state index >= 15 is 0 Å². The summed E-state index contributed by atoms with van der Waals surface area (Å²) in [4.78, 5) is 4.58. The molecule has 0 radical (unpaired) electrons. The van der Waals surface area contributed by atoms with Crippen LogP contribution in [0.2, 0.25) is 0 Å². The second kappa shape index (κ2) is 3.45. The molecule has 14 heavy (non-hydrogen) atoms. The number of hydrogen-bond acceptors (Lipinski definition) is 1. The molecule has 0 atom stereocenters. The summed E-state index contributed by atoms with van der Waals surface area (Å²) >= 11 is 0. The van der Waals surface area contributed by atoms with Gasteiger partial charge in [-0.2, -0.15) is 0 Å². The second-order valence-corrected chi connectivity index (χ2v) is 4.21. The van der Waals surface area contributed by atoms with Gasteiger partial charge in [0.2, 0.25) is 0 Å². The topological polar surface area (TPSA) is 38.4 Å². The first-order valence-electron chi connectivity index (χ1n) is 5.10. The lowest BCUT2D eigenvalue weighted by Gasteiger charge is -2.34. The number of aliphatic imine (C=N–C) groups is 1. The predicted molar refractivity (Wildman–Crippen MR) is 59.4 cm³/mol. The number of amidine groups is 1. The Morgan fingerprint density at radius 3 is 2.43 bits per heavy atom. The van der Waals surface area contributed by atoms with Crippen molar-refractivity contribution in [1.29, 1.82) is 0 Å². The Kier molecular flexibility index (Phi) is 2.28. The van der Waals surface area contributed by atoms with Crippen LogP contribution in [-0.4, -0.2) is 11.4 Å². The lowest BCUT2D eigenvalue weighted by Crippen LogP contribution is -2.34. The smallest absolute Gasteiger partial charge is 0.126 e. The molecular weight excluding hydrogens is 172 g/mol. The standard InChI is InChI=1S/C12H16N2/c1-12(8-5-9-12)14-11(13)10-6-3-2-4-7-10/h2-4,6-7H,5,8-9H2,1H3,(H2,13,14). The third-order valence-corrected chi connectivity index (χ3v) is 2.89. The van der Waals surface area contributed by atoms with Crippen molar-refractivity contribution in [3.63, 3.8) is 0 Å². The zero-order chi connectivity index (χ0) is 10.0. The Morgan fingerprint density at radius 2 is 1.93 bits per heavy atom. The first-order chi connectivity index (χ1) is 6.70. The number of rotatable bonds is 2. The summed E-state index contributed by atoms with van der Waals surface area (Å²) in [6.07, 6.45) is 3.61. The molecule has 2 N–H and O–H groups in total.